The highest BCUT2D eigenvalue weighted by molar-refractivity contribution is 7.26. The van der Waals surface area contributed by atoms with Crippen molar-refractivity contribution in [2.45, 2.75) is 44.9 Å². The third-order valence-electron chi connectivity index (χ3n) is 3.52. The molecular formula is C15H23NO3SSi. The Kier molecular flexibility index (Phi) is 5.92. The summed E-state index contributed by atoms with van der Waals surface area (Å²) in [6.07, 6.45) is 1.95. The summed E-state index contributed by atoms with van der Waals surface area (Å²) < 4.78 is 1.33. The Morgan fingerprint density at radius 3 is 2.57 bits per heavy atom. The van der Waals surface area contributed by atoms with E-state index >= 15 is 0 Å². The molecule has 1 aromatic rings. The van der Waals surface area contributed by atoms with Crippen molar-refractivity contribution in [1.82, 2.24) is 5.32 Å². The van der Waals surface area contributed by atoms with Gasteiger partial charge in [-0.25, -0.2) is 4.79 Å². The van der Waals surface area contributed by atoms with Gasteiger partial charge in [0, 0.05) is 17.7 Å². The first-order valence-corrected chi connectivity index (χ1v) is 10.9. The summed E-state index contributed by atoms with van der Waals surface area (Å²) in [5, 5.41) is 11.8. The third-order valence-corrected chi connectivity index (χ3v) is 9.40. The van der Waals surface area contributed by atoms with Gasteiger partial charge in [-0.15, -0.1) is 17.9 Å². The Bertz CT molecular complexity index is 539. The van der Waals surface area contributed by atoms with Gasteiger partial charge < -0.3 is 10.4 Å². The highest BCUT2D eigenvalue weighted by atomic mass is 32.1. The number of amides is 1. The lowest BCUT2D eigenvalue weighted by Crippen LogP contribution is -2.43. The molecule has 0 fully saturated rings. The lowest BCUT2D eigenvalue weighted by Gasteiger charge is -2.21. The lowest BCUT2D eigenvalue weighted by atomic mass is 10.0. The molecule has 1 rings (SSSR count). The van der Waals surface area contributed by atoms with Crippen LogP contribution in [0.5, 0.6) is 0 Å². The van der Waals surface area contributed by atoms with E-state index in [2.05, 4.69) is 31.1 Å². The van der Waals surface area contributed by atoms with Crippen LogP contribution in [0.15, 0.2) is 24.8 Å². The predicted molar refractivity (Wildman–Crippen MR) is 90.1 cm³/mol. The average molecular weight is 326 g/mol. The van der Waals surface area contributed by atoms with E-state index in [4.69, 9.17) is 0 Å². The lowest BCUT2D eigenvalue weighted by molar-refractivity contribution is -0.142. The largest absolute Gasteiger partial charge is 0.480 e. The first-order chi connectivity index (χ1) is 9.69. The zero-order valence-corrected chi connectivity index (χ0v) is 14.8. The number of allylic oxidation sites excluding steroid dienone is 1. The molecule has 4 nitrogen and oxygen atoms in total. The number of aliphatic carboxylic acids is 1. The van der Waals surface area contributed by atoms with Crippen LogP contribution in [0.25, 0.3) is 0 Å². The maximum absolute atomic E-state index is 11.3. The molecule has 0 aliphatic rings. The Morgan fingerprint density at radius 2 is 2.10 bits per heavy atom. The standard InChI is InChI=1S/C15H23NO3SSi/c1-6-9-21(4,5)13-8-7-12(20-13)10(2)14(15(18)19)16-11(3)17/h6-8,10,14H,1,9H2,2-5H3,(H,16,17)(H,18,19). The van der Waals surface area contributed by atoms with Crippen LogP contribution in [0.1, 0.15) is 24.6 Å². The number of carbonyl (C=O) groups excluding carboxylic acids is 1. The third kappa shape index (κ3) is 4.54. The van der Waals surface area contributed by atoms with Crippen molar-refractivity contribution in [3.8, 4) is 0 Å². The van der Waals surface area contributed by atoms with Gasteiger partial charge in [0.25, 0.3) is 0 Å². The summed E-state index contributed by atoms with van der Waals surface area (Å²) in [4.78, 5) is 23.5. The topological polar surface area (TPSA) is 66.4 Å². The normalized spacial score (nSPS) is 14.3. The Labute approximate surface area is 130 Å². The quantitative estimate of drug-likeness (QED) is 0.598. The highest BCUT2D eigenvalue weighted by Gasteiger charge is 2.30. The predicted octanol–water partition coefficient (Wildman–Crippen LogP) is 2.54. The van der Waals surface area contributed by atoms with Crippen molar-refractivity contribution >= 4 is 35.8 Å². The molecule has 0 aromatic carbocycles. The number of hydrogen-bond donors (Lipinski definition) is 2. The Balaban J connectivity index is 3.00. The first kappa shape index (κ1) is 17.6. The van der Waals surface area contributed by atoms with Gasteiger partial charge in [0.2, 0.25) is 5.91 Å². The van der Waals surface area contributed by atoms with E-state index < -0.39 is 20.1 Å². The van der Waals surface area contributed by atoms with Crippen LogP contribution in [0.2, 0.25) is 19.1 Å². The molecule has 2 N–H and O–H groups in total. The van der Waals surface area contributed by atoms with Gasteiger partial charge in [0.1, 0.15) is 6.04 Å². The van der Waals surface area contributed by atoms with Crippen molar-refractivity contribution in [1.29, 1.82) is 0 Å². The molecule has 0 saturated heterocycles. The number of hydrogen-bond acceptors (Lipinski definition) is 3. The van der Waals surface area contributed by atoms with Crippen molar-refractivity contribution in [3.05, 3.63) is 29.7 Å². The summed E-state index contributed by atoms with van der Waals surface area (Å²) in [5.74, 6) is -1.58. The second-order valence-corrected chi connectivity index (χ2v) is 12.1. The van der Waals surface area contributed by atoms with Crippen LogP contribution >= 0.6 is 11.3 Å². The van der Waals surface area contributed by atoms with Crippen LogP contribution in [0.4, 0.5) is 0 Å². The van der Waals surface area contributed by atoms with Gasteiger partial charge in [0.05, 0.1) is 8.07 Å². The molecule has 0 saturated carbocycles. The summed E-state index contributed by atoms with van der Waals surface area (Å²) in [5.41, 5.74) is 0. The molecule has 1 amide bonds. The number of carboxylic acids is 1. The Hall–Kier alpha value is -1.40. The van der Waals surface area contributed by atoms with Crippen LogP contribution in [0.3, 0.4) is 0 Å². The second kappa shape index (κ2) is 7.04. The smallest absolute Gasteiger partial charge is 0.326 e. The molecular weight excluding hydrogens is 302 g/mol. The van der Waals surface area contributed by atoms with Gasteiger partial charge in [-0.05, 0) is 16.6 Å². The molecule has 0 radical (unpaired) electrons. The maximum atomic E-state index is 11.3. The summed E-state index contributed by atoms with van der Waals surface area (Å²) in [6.45, 7) is 11.5. The van der Waals surface area contributed by atoms with Gasteiger partial charge in [-0.2, -0.15) is 0 Å². The van der Waals surface area contributed by atoms with E-state index in [-0.39, 0.29) is 11.8 Å². The molecule has 0 bridgehead atoms. The van der Waals surface area contributed by atoms with E-state index in [1.807, 2.05) is 19.1 Å². The van der Waals surface area contributed by atoms with Crippen molar-refractivity contribution in [2.24, 2.45) is 0 Å². The van der Waals surface area contributed by atoms with Crippen LogP contribution in [0, 0.1) is 0 Å². The van der Waals surface area contributed by atoms with Gasteiger partial charge >= 0.3 is 5.97 Å². The molecule has 21 heavy (non-hydrogen) atoms. The number of carboxylic acid groups (broad SMARTS) is 1. The zero-order valence-electron chi connectivity index (χ0n) is 13.0. The van der Waals surface area contributed by atoms with E-state index in [1.165, 1.54) is 11.4 Å². The molecule has 6 heteroatoms. The van der Waals surface area contributed by atoms with E-state index in [9.17, 15) is 14.7 Å². The highest BCUT2D eigenvalue weighted by Crippen LogP contribution is 2.26. The number of thiophene rings is 1. The van der Waals surface area contributed by atoms with Gasteiger partial charge in [-0.1, -0.05) is 32.2 Å². The zero-order chi connectivity index (χ0) is 16.2. The number of rotatable bonds is 7. The molecule has 1 heterocycles. The molecule has 0 spiro atoms. The van der Waals surface area contributed by atoms with E-state index in [1.54, 1.807) is 11.3 Å². The van der Waals surface area contributed by atoms with Crippen molar-refractivity contribution < 1.29 is 14.7 Å². The van der Waals surface area contributed by atoms with E-state index in [0.29, 0.717) is 0 Å². The SMILES string of the molecule is C=CC[Si](C)(C)c1ccc(C(C)C(NC(C)=O)C(=O)O)s1. The molecule has 2 atom stereocenters. The molecule has 116 valence electrons. The molecule has 0 aliphatic heterocycles. The molecule has 0 aliphatic carbocycles. The van der Waals surface area contributed by atoms with Crippen LogP contribution < -0.4 is 9.82 Å². The fourth-order valence-electron chi connectivity index (χ4n) is 2.21. The van der Waals surface area contributed by atoms with Crippen molar-refractivity contribution in [3.63, 3.8) is 0 Å². The maximum Gasteiger partial charge on any atom is 0.326 e. The van der Waals surface area contributed by atoms with Gasteiger partial charge in [-0.3, -0.25) is 4.79 Å². The molecule has 1 aromatic heterocycles. The number of carbonyl (C=O) groups is 2. The van der Waals surface area contributed by atoms with Crippen LogP contribution in [-0.4, -0.2) is 31.1 Å². The average Bonchev–Trinajstić information content (AvgIpc) is 2.84. The minimum atomic E-state index is -1.53. The Morgan fingerprint density at radius 1 is 1.48 bits per heavy atom. The fraction of sp³-hybridized carbons (Fsp3) is 0.467. The summed E-state index contributed by atoms with van der Waals surface area (Å²) in [6, 6.07) is 4.19. The van der Waals surface area contributed by atoms with Gasteiger partial charge in [0.15, 0.2) is 0 Å². The second-order valence-electron chi connectivity index (χ2n) is 5.88. The van der Waals surface area contributed by atoms with Crippen LogP contribution in [-0.2, 0) is 9.59 Å². The minimum absolute atomic E-state index is 0.251. The van der Waals surface area contributed by atoms with E-state index in [0.717, 1.165) is 10.9 Å². The van der Waals surface area contributed by atoms with Crippen molar-refractivity contribution in [2.75, 3.05) is 0 Å². The minimum Gasteiger partial charge on any atom is -0.480 e. The fourth-order valence-corrected chi connectivity index (χ4v) is 6.22. The summed E-state index contributed by atoms with van der Waals surface area (Å²) in [7, 11) is -1.53. The summed E-state index contributed by atoms with van der Waals surface area (Å²) >= 11 is 1.66. The number of nitrogens with one attached hydrogen (secondary N) is 1. The molecule has 2 unspecified atom stereocenters. The first-order valence-electron chi connectivity index (χ1n) is 6.90. The monoisotopic (exact) mass is 325 g/mol.